The van der Waals surface area contributed by atoms with E-state index in [1.54, 1.807) is 6.20 Å². The second-order valence-corrected chi connectivity index (χ2v) is 7.93. The highest BCUT2D eigenvalue weighted by Gasteiger charge is 2.30. The lowest BCUT2D eigenvalue weighted by Gasteiger charge is -2.35. The first-order valence-electron chi connectivity index (χ1n) is 10.7. The maximum atomic E-state index is 13.5. The predicted molar refractivity (Wildman–Crippen MR) is 115 cm³/mol. The number of furan rings is 1. The Kier molecular flexibility index (Phi) is 4.98. The molecule has 0 aromatic carbocycles. The van der Waals surface area contributed by atoms with Gasteiger partial charge in [0.2, 0.25) is 5.71 Å². The van der Waals surface area contributed by atoms with Gasteiger partial charge in [-0.3, -0.25) is 4.79 Å². The van der Waals surface area contributed by atoms with E-state index in [1.165, 1.54) is 12.7 Å². The van der Waals surface area contributed by atoms with Crippen molar-refractivity contribution in [2.45, 2.75) is 26.2 Å². The third-order valence-electron chi connectivity index (χ3n) is 6.05. The highest BCUT2D eigenvalue weighted by molar-refractivity contribution is 6.10. The number of amides is 1. The van der Waals surface area contributed by atoms with Gasteiger partial charge in [-0.05, 0) is 38.3 Å². The minimum Gasteiger partial charge on any atom is -0.442 e. The summed E-state index contributed by atoms with van der Waals surface area (Å²) in [6, 6.07) is 5.91. The summed E-state index contributed by atoms with van der Waals surface area (Å²) < 4.78 is 5.89. The van der Waals surface area contributed by atoms with E-state index >= 15 is 0 Å². The fourth-order valence-corrected chi connectivity index (χ4v) is 4.47. The quantitative estimate of drug-likeness (QED) is 0.662. The van der Waals surface area contributed by atoms with Gasteiger partial charge in [0.05, 0.1) is 10.9 Å². The molecule has 0 N–H and O–H groups in total. The molecule has 2 saturated heterocycles. The van der Waals surface area contributed by atoms with Gasteiger partial charge in [0.15, 0.2) is 0 Å². The number of piperazine rings is 1. The second kappa shape index (κ2) is 7.93. The first-order valence-corrected chi connectivity index (χ1v) is 10.7. The highest BCUT2D eigenvalue weighted by Crippen LogP contribution is 2.33. The third-order valence-corrected chi connectivity index (χ3v) is 6.05. The standard InChI is InChI=1S/C22H26N6O2/c1-16-18(19-20(24-15-25-21(19)30-16)27-9-5-2-6-10-27)22(29)28-13-11-26(12-14-28)17-7-3-4-8-23-17/h3-4,7-8,15H,2,5-6,9-14H2,1H3. The van der Waals surface area contributed by atoms with Crippen LogP contribution in [0.5, 0.6) is 0 Å². The first kappa shape index (κ1) is 18.8. The lowest BCUT2D eigenvalue weighted by molar-refractivity contribution is 0.0746. The van der Waals surface area contributed by atoms with E-state index in [0.717, 1.165) is 56.0 Å². The topological polar surface area (TPSA) is 78.6 Å². The van der Waals surface area contributed by atoms with Crippen molar-refractivity contribution in [3.63, 3.8) is 0 Å². The van der Waals surface area contributed by atoms with Crippen LogP contribution in [0.25, 0.3) is 11.1 Å². The molecule has 3 aromatic heterocycles. The minimum atomic E-state index is -0.0000182. The van der Waals surface area contributed by atoms with Gasteiger partial charge in [-0.25, -0.2) is 15.0 Å². The first-order chi connectivity index (χ1) is 14.7. The molecule has 1 amide bonds. The van der Waals surface area contributed by atoms with E-state index in [2.05, 4.69) is 24.8 Å². The van der Waals surface area contributed by atoms with Crippen molar-refractivity contribution in [1.29, 1.82) is 0 Å². The van der Waals surface area contributed by atoms with Crippen molar-refractivity contribution in [3.05, 3.63) is 42.0 Å². The highest BCUT2D eigenvalue weighted by atomic mass is 16.3. The lowest BCUT2D eigenvalue weighted by Crippen LogP contribution is -2.49. The van der Waals surface area contributed by atoms with Crippen LogP contribution in [0.15, 0.2) is 35.1 Å². The molecule has 5 heterocycles. The average Bonchev–Trinajstić information content (AvgIpc) is 3.15. The van der Waals surface area contributed by atoms with Gasteiger partial charge < -0.3 is 19.1 Å². The predicted octanol–water partition coefficient (Wildman–Crippen LogP) is 2.88. The van der Waals surface area contributed by atoms with Crippen molar-refractivity contribution >= 4 is 28.6 Å². The van der Waals surface area contributed by atoms with Gasteiger partial charge in [0.25, 0.3) is 5.91 Å². The summed E-state index contributed by atoms with van der Waals surface area (Å²) in [4.78, 5) is 33.2. The molecule has 2 aliphatic heterocycles. The van der Waals surface area contributed by atoms with E-state index in [0.29, 0.717) is 30.1 Å². The minimum absolute atomic E-state index is 0.0000182. The number of hydrogen-bond acceptors (Lipinski definition) is 7. The molecule has 2 fully saturated rings. The van der Waals surface area contributed by atoms with Crippen molar-refractivity contribution < 1.29 is 9.21 Å². The van der Waals surface area contributed by atoms with Gasteiger partial charge >= 0.3 is 0 Å². The molecule has 0 aliphatic carbocycles. The fourth-order valence-electron chi connectivity index (χ4n) is 4.47. The summed E-state index contributed by atoms with van der Waals surface area (Å²) in [5, 5.41) is 0.758. The van der Waals surface area contributed by atoms with Crippen LogP contribution in [0.3, 0.4) is 0 Å². The van der Waals surface area contributed by atoms with Crippen LogP contribution in [0.2, 0.25) is 0 Å². The van der Waals surface area contributed by atoms with Crippen molar-refractivity contribution in [1.82, 2.24) is 19.9 Å². The number of hydrogen-bond donors (Lipinski definition) is 0. The van der Waals surface area contributed by atoms with E-state index < -0.39 is 0 Å². The molecular formula is C22H26N6O2. The maximum absolute atomic E-state index is 13.5. The Morgan fingerprint density at radius 1 is 0.933 bits per heavy atom. The van der Waals surface area contributed by atoms with Crippen molar-refractivity contribution in [2.75, 3.05) is 49.1 Å². The fraction of sp³-hybridized carbons (Fsp3) is 0.455. The normalized spacial score (nSPS) is 17.6. The summed E-state index contributed by atoms with van der Waals surface area (Å²) in [6.07, 6.45) is 6.86. The number of nitrogens with zero attached hydrogens (tertiary/aromatic N) is 6. The Bertz CT molecular complexity index is 1040. The van der Waals surface area contributed by atoms with Crippen LogP contribution >= 0.6 is 0 Å². The molecule has 156 valence electrons. The Morgan fingerprint density at radius 2 is 1.73 bits per heavy atom. The molecule has 0 atom stereocenters. The number of piperidine rings is 1. The van der Waals surface area contributed by atoms with E-state index in [9.17, 15) is 4.79 Å². The van der Waals surface area contributed by atoms with Gasteiger partial charge in [-0.1, -0.05) is 6.07 Å². The Morgan fingerprint density at radius 3 is 2.47 bits per heavy atom. The average molecular weight is 406 g/mol. The molecule has 0 spiro atoms. The summed E-state index contributed by atoms with van der Waals surface area (Å²) in [5.74, 6) is 2.39. The molecule has 30 heavy (non-hydrogen) atoms. The van der Waals surface area contributed by atoms with Crippen LogP contribution in [-0.4, -0.2) is 65.0 Å². The van der Waals surface area contributed by atoms with Crippen LogP contribution in [0.1, 0.15) is 35.4 Å². The summed E-state index contributed by atoms with van der Waals surface area (Å²) in [5.41, 5.74) is 1.11. The second-order valence-electron chi connectivity index (χ2n) is 7.93. The van der Waals surface area contributed by atoms with Crippen molar-refractivity contribution in [3.8, 4) is 0 Å². The van der Waals surface area contributed by atoms with Gasteiger partial charge in [-0.2, -0.15) is 0 Å². The summed E-state index contributed by atoms with van der Waals surface area (Å²) >= 11 is 0. The SMILES string of the molecule is Cc1oc2ncnc(N3CCCCC3)c2c1C(=O)N1CCN(c2ccccn2)CC1. The number of aryl methyl sites for hydroxylation is 1. The third kappa shape index (κ3) is 3.36. The van der Waals surface area contributed by atoms with Gasteiger partial charge in [-0.15, -0.1) is 0 Å². The van der Waals surface area contributed by atoms with Crippen molar-refractivity contribution in [2.24, 2.45) is 0 Å². The molecule has 3 aromatic rings. The van der Waals surface area contributed by atoms with E-state index in [1.807, 2.05) is 30.0 Å². The number of carbonyl (C=O) groups excluding carboxylic acids is 1. The number of fused-ring (bicyclic) bond motifs is 1. The largest absolute Gasteiger partial charge is 0.442 e. The number of rotatable bonds is 3. The smallest absolute Gasteiger partial charge is 0.258 e. The van der Waals surface area contributed by atoms with Gasteiger partial charge in [0.1, 0.15) is 23.7 Å². The Hall–Kier alpha value is -3.16. The molecule has 8 nitrogen and oxygen atoms in total. The summed E-state index contributed by atoms with van der Waals surface area (Å²) in [6.45, 7) is 6.56. The van der Waals surface area contributed by atoms with Crippen LogP contribution in [0.4, 0.5) is 11.6 Å². The van der Waals surface area contributed by atoms with E-state index in [4.69, 9.17) is 4.42 Å². The van der Waals surface area contributed by atoms with Crippen LogP contribution < -0.4 is 9.80 Å². The monoisotopic (exact) mass is 406 g/mol. The zero-order chi connectivity index (χ0) is 20.5. The van der Waals surface area contributed by atoms with E-state index in [-0.39, 0.29) is 5.91 Å². The number of carbonyl (C=O) groups is 1. The number of aromatic nitrogens is 3. The lowest BCUT2D eigenvalue weighted by atomic mass is 10.1. The molecule has 5 rings (SSSR count). The number of pyridine rings is 1. The van der Waals surface area contributed by atoms with Crippen LogP contribution in [0, 0.1) is 6.92 Å². The zero-order valence-electron chi connectivity index (χ0n) is 17.3. The maximum Gasteiger partial charge on any atom is 0.258 e. The molecule has 0 bridgehead atoms. The Balaban J connectivity index is 1.42. The Labute approximate surface area is 175 Å². The number of anilines is 2. The summed E-state index contributed by atoms with van der Waals surface area (Å²) in [7, 11) is 0. The molecule has 0 unspecified atom stereocenters. The van der Waals surface area contributed by atoms with Gasteiger partial charge in [0, 0.05) is 45.5 Å². The van der Waals surface area contributed by atoms with Crippen LogP contribution in [-0.2, 0) is 0 Å². The zero-order valence-corrected chi connectivity index (χ0v) is 17.3. The molecule has 2 aliphatic rings. The molecule has 0 saturated carbocycles. The molecular weight excluding hydrogens is 380 g/mol. The molecule has 8 heteroatoms. The molecule has 0 radical (unpaired) electrons.